The van der Waals surface area contributed by atoms with Crippen LogP contribution < -0.4 is 5.32 Å². The molecule has 0 aliphatic heterocycles. The molecule has 0 heterocycles. The molecule has 0 saturated heterocycles. The molecule has 1 aliphatic carbocycles. The van der Waals surface area contributed by atoms with Crippen LogP contribution in [0.3, 0.4) is 0 Å². The third kappa shape index (κ3) is 4.35. The van der Waals surface area contributed by atoms with Gasteiger partial charge in [0.15, 0.2) is 0 Å². The Bertz CT molecular complexity index is 187. The minimum absolute atomic E-state index is 0.185. The highest BCUT2D eigenvalue weighted by Gasteiger charge is 2.16. The maximum Gasteiger partial charge on any atom is 0.0692 e. The second-order valence-electron chi connectivity index (χ2n) is 4.52. The van der Waals surface area contributed by atoms with E-state index in [0.29, 0.717) is 12.0 Å². The molecule has 2 nitrogen and oxygen atoms in total. The van der Waals surface area contributed by atoms with Crippen LogP contribution >= 0.6 is 0 Å². The van der Waals surface area contributed by atoms with Crippen molar-refractivity contribution in [3.8, 4) is 0 Å². The molecule has 0 aromatic rings. The fourth-order valence-electron chi connectivity index (χ4n) is 2.25. The van der Waals surface area contributed by atoms with E-state index in [1.165, 1.54) is 19.3 Å². The van der Waals surface area contributed by atoms with Gasteiger partial charge in [0, 0.05) is 12.6 Å². The number of allylic oxidation sites excluding steroid dienone is 1. The van der Waals surface area contributed by atoms with Crippen molar-refractivity contribution < 1.29 is 5.11 Å². The summed E-state index contributed by atoms with van der Waals surface area (Å²) >= 11 is 0. The summed E-state index contributed by atoms with van der Waals surface area (Å²) in [5.41, 5.74) is 0. The van der Waals surface area contributed by atoms with Gasteiger partial charge in [-0.15, -0.1) is 0 Å². The Balaban J connectivity index is 2.23. The average Bonchev–Trinajstić information content (AvgIpc) is 2.29. The minimum Gasteiger partial charge on any atom is -0.392 e. The summed E-state index contributed by atoms with van der Waals surface area (Å²) in [6.45, 7) is 5.04. The van der Waals surface area contributed by atoms with Gasteiger partial charge in [0.25, 0.3) is 0 Å². The van der Waals surface area contributed by atoms with E-state index in [9.17, 15) is 5.11 Å². The van der Waals surface area contributed by atoms with E-state index in [4.69, 9.17) is 0 Å². The first-order chi connectivity index (χ1) is 7.27. The molecule has 1 aliphatic rings. The van der Waals surface area contributed by atoms with Crippen molar-refractivity contribution in [2.75, 3.05) is 6.54 Å². The molecule has 2 atom stereocenters. The van der Waals surface area contributed by atoms with Crippen molar-refractivity contribution in [2.45, 2.75) is 58.1 Å². The lowest BCUT2D eigenvalue weighted by Crippen LogP contribution is -2.38. The highest BCUT2D eigenvalue weighted by molar-refractivity contribution is 4.97. The Kier molecular flexibility index (Phi) is 5.96. The van der Waals surface area contributed by atoms with E-state index in [2.05, 4.69) is 31.3 Å². The lowest BCUT2D eigenvalue weighted by atomic mass is 9.96. The first kappa shape index (κ1) is 12.7. The quantitative estimate of drug-likeness (QED) is 0.662. The van der Waals surface area contributed by atoms with E-state index < -0.39 is 0 Å². The molecule has 0 fully saturated rings. The van der Waals surface area contributed by atoms with Gasteiger partial charge in [0.2, 0.25) is 0 Å². The summed E-state index contributed by atoms with van der Waals surface area (Å²) in [7, 11) is 0. The molecule has 88 valence electrons. The van der Waals surface area contributed by atoms with Crippen LogP contribution in [0, 0.1) is 5.92 Å². The molecule has 0 aromatic heterocycles. The van der Waals surface area contributed by atoms with Crippen LogP contribution in [0.15, 0.2) is 12.2 Å². The molecular weight excluding hydrogens is 186 g/mol. The van der Waals surface area contributed by atoms with Crippen LogP contribution in [0.2, 0.25) is 0 Å². The predicted octanol–water partition coefficient (Wildman–Crippen LogP) is 2.48. The predicted molar refractivity (Wildman–Crippen MR) is 64.9 cm³/mol. The summed E-state index contributed by atoms with van der Waals surface area (Å²) < 4.78 is 0. The topological polar surface area (TPSA) is 32.3 Å². The molecule has 2 heteroatoms. The molecule has 0 saturated carbocycles. The zero-order chi connectivity index (χ0) is 11.1. The minimum atomic E-state index is -0.185. The van der Waals surface area contributed by atoms with E-state index in [1.54, 1.807) is 0 Å². The Morgan fingerprint density at radius 2 is 2.13 bits per heavy atom. The van der Waals surface area contributed by atoms with Gasteiger partial charge in [-0.05, 0) is 25.2 Å². The van der Waals surface area contributed by atoms with Crippen LogP contribution in [0.25, 0.3) is 0 Å². The standard InChI is InChI=1S/C13H25NO/c1-3-11(4-2)13(15)10-14-12-8-6-5-7-9-12/h6,8,11-15H,3-5,7,9-10H2,1-2H3. The van der Waals surface area contributed by atoms with Crippen molar-refractivity contribution in [2.24, 2.45) is 5.92 Å². The first-order valence-corrected chi connectivity index (χ1v) is 6.36. The average molecular weight is 211 g/mol. The lowest BCUT2D eigenvalue weighted by molar-refractivity contribution is 0.0993. The van der Waals surface area contributed by atoms with Crippen LogP contribution in [0.4, 0.5) is 0 Å². The van der Waals surface area contributed by atoms with Gasteiger partial charge in [-0.3, -0.25) is 0 Å². The van der Waals surface area contributed by atoms with Gasteiger partial charge in [-0.1, -0.05) is 38.8 Å². The molecular formula is C13H25NO. The Morgan fingerprint density at radius 3 is 2.67 bits per heavy atom. The van der Waals surface area contributed by atoms with Crippen LogP contribution in [0.5, 0.6) is 0 Å². The maximum absolute atomic E-state index is 9.95. The summed E-state index contributed by atoms with van der Waals surface area (Å²) in [6.07, 6.45) is 10.1. The van der Waals surface area contributed by atoms with Gasteiger partial charge in [0.05, 0.1) is 6.10 Å². The second-order valence-corrected chi connectivity index (χ2v) is 4.52. The highest BCUT2D eigenvalue weighted by atomic mass is 16.3. The smallest absolute Gasteiger partial charge is 0.0692 e. The van der Waals surface area contributed by atoms with Crippen LogP contribution in [-0.4, -0.2) is 23.8 Å². The second kappa shape index (κ2) is 7.02. The Morgan fingerprint density at radius 1 is 1.40 bits per heavy atom. The first-order valence-electron chi connectivity index (χ1n) is 6.36. The summed E-state index contributed by atoms with van der Waals surface area (Å²) in [5, 5.41) is 13.4. The summed E-state index contributed by atoms with van der Waals surface area (Å²) in [4.78, 5) is 0. The Labute approximate surface area is 93.8 Å². The zero-order valence-electron chi connectivity index (χ0n) is 10.1. The van der Waals surface area contributed by atoms with Gasteiger partial charge in [-0.25, -0.2) is 0 Å². The fourth-order valence-corrected chi connectivity index (χ4v) is 2.25. The normalized spacial score (nSPS) is 23.3. The number of aliphatic hydroxyl groups is 1. The molecule has 2 N–H and O–H groups in total. The van der Waals surface area contributed by atoms with E-state index in [0.717, 1.165) is 19.4 Å². The summed E-state index contributed by atoms with van der Waals surface area (Å²) in [5.74, 6) is 0.449. The van der Waals surface area contributed by atoms with E-state index >= 15 is 0 Å². The van der Waals surface area contributed by atoms with Gasteiger partial charge < -0.3 is 10.4 Å². The van der Waals surface area contributed by atoms with Crippen molar-refractivity contribution in [3.63, 3.8) is 0 Å². The van der Waals surface area contributed by atoms with Crippen molar-refractivity contribution in [1.29, 1.82) is 0 Å². The molecule has 15 heavy (non-hydrogen) atoms. The Hall–Kier alpha value is -0.340. The van der Waals surface area contributed by atoms with Gasteiger partial charge >= 0.3 is 0 Å². The van der Waals surface area contributed by atoms with Gasteiger partial charge in [0.1, 0.15) is 0 Å². The zero-order valence-corrected chi connectivity index (χ0v) is 10.1. The number of hydrogen-bond acceptors (Lipinski definition) is 2. The SMILES string of the molecule is CCC(CC)C(O)CNC1C=CCCC1. The van der Waals surface area contributed by atoms with Gasteiger partial charge in [-0.2, -0.15) is 0 Å². The number of hydrogen-bond donors (Lipinski definition) is 2. The number of aliphatic hydroxyl groups excluding tert-OH is 1. The largest absolute Gasteiger partial charge is 0.392 e. The molecule has 1 rings (SSSR count). The van der Waals surface area contributed by atoms with E-state index in [-0.39, 0.29) is 6.10 Å². The molecule has 0 aromatic carbocycles. The van der Waals surface area contributed by atoms with Crippen LogP contribution in [-0.2, 0) is 0 Å². The van der Waals surface area contributed by atoms with Crippen LogP contribution in [0.1, 0.15) is 46.0 Å². The van der Waals surface area contributed by atoms with E-state index in [1.807, 2.05) is 0 Å². The highest BCUT2D eigenvalue weighted by Crippen LogP contribution is 2.14. The number of rotatable bonds is 6. The molecule has 0 radical (unpaired) electrons. The molecule has 0 amide bonds. The molecule has 0 bridgehead atoms. The molecule has 2 unspecified atom stereocenters. The lowest BCUT2D eigenvalue weighted by Gasteiger charge is -2.24. The van der Waals surface area contributed by atoms with Crippen molar-refractivity contribution >= 4 is 0 Å². The summed E-state index contributed by atoms with van der Waals surface area (Å²) in [6, 6.07) is 0.489. The monoisotopic (exact) mass is 211 g/mol. The fraction of sp³-hybridized carbons (Fsp3) is 0.846. The molecule has 0 spiro atoms. The number of nitrogens with one attached hydrogen (secondary N) is 1. The van der Waals surface area contributed by atoms with Crippen molar-refractivity contribution in [1.82, 2.24) is 5.32 Å². The third-order valence-corrected chi connectivity index (χ3v) is 3.44. The third-order valence-electron chi connectivity index (χ3n) is 3.44. The van der Waals surface area contributed by atoms with Crippen molar-refractivity contribution in [3.05, 3.63) is 12.2 Å². The maximum atomic E-state index is 9.95.